The first kappa shape index (κ1) is 17.7. The second-order valence-corrected chi connectivity index (χ2v) is 4.70. The highest BCUT2D eigenvalue weighted by Crippen LogP contribution is 2.39. The van der Waals surface area contributed by atoms with Crippen LogP contribution in [0.3, 0.4) is 0 Å². The van der Waals surface area contributed by atoms with Crippen molar-refractivity contribution in [3.8, 4) is 11.5 Å². The third kappa shape index (κ3) is 3.80. The molecule has 132 valence electrons. The van der Waals surface area contributed by atoms with Gasteiger partial charge >= 0.3 is 11.7 Å². The summed E-state index contributed by atoms with van der Waals surface area (Å²) in [6.45, 7) is 2.82. The zero-order valence-corrected chi connectivity index (χ0v) is 13.6. The number of hydrogen-bond acceptors (Lipinski definition) is 10. The minimum absolute atomic E-state index is 0.0656. The summed E-state index contributed by atoms with van der Waals surface area (Å²) in [5.74, 6) is 5.37. The lowest BCUT2D eigenvalue weighted by molar-refractivity contribution is -0.385. The van der Waals surface area contributed by atoms with E-state index in [2.05, 4.69) is 20.7 Å². The Hall–Kier alpha value is -3.70. The second-order valence-electron chi connectivity index (χ2n) is 4.70. The van der Waals surface area contributed by atoms with Crippen molar-refractivity contribution in [2.75, 3.05) is 18.4 Å². The van der Waals surface area contributed by atoms with Crippen molar-refractivity contribution < 1.29 is 19.2 Å². The van der Waals surface area contributed by atoms with E-state index in [0.717, 1.165) is 4.68 Å². The van der Waals surface area contributed by atoms with E-state index >= 15 is 0 Å². The third-order valence-corrected chi connectivity index (χ3v) is 3.00. The Labute approximate surface area is 141 Å². The fraction of sp³-hybridized carbons (Fsp3) is 0.231. The summed E-state index contributed by atoms with van der Waals surface area (Å²) in [5, 5.41) is 22.7. The van der Waals surface area contributed by atoms with E-state index in [1.807, 2.05) is 0 Å². The summed E-state index contributed by atoms with van der Waals surface area (Å²) in [5.41, 5.74) is 2.23. The van der Waals surface area contributed by atoms with Gasteiger partial charge in [0, 0.05) is 6.92 Å². The first-order valence-corrected chi connectivity index (χ1v) is 6.85. The quantitative estimate of drug-likeness (QED) is 0.190. The normalized spacial score (nSPS) is 10.7. The number of nitro benzene ring substituents is 1. The summed E-state index contributed by atoms with van der Waals surface area (Å²) in [6, 6.07) is 2.73. The highest BCUT2D eigenvalue weighted by atomic mass is 16.6. The van der Waals surface area contributed by atoms with Crippen molar-refractivity contribution in [1.29, 1.82) is 0 Å². The molecular weight excluding hydrogens is 334 g/mol. The van der Waals surface area contributed by atoms with Crippen molar-refractivity contribution in [1.82, 2.24) is 14.9 Å². The van der Waals surface area contributed by atoms with Crippen LogP contribution in [0.1, 0.15) is 18.3 Å². The molecular formula is C13H15N7O5. The number of nitrogens with two attached hydrogens (primary N) is 1. The zero-order valence-electron chi connectivity index (χ0n) is 13.6. The highest BCUT2D eigenvalue weighted by molar-refractivity contribution is 5.89. The maximum atomic E-state index is 11.4. The lowest BCUT2D eigenvalue weighted by Crippen LogP contribution is -2.13. The van der Waals surface area contributed by atoms with Crippen LogP contribution in [0, 0.1) is 17.0 Å². The van der Waals surface area contributed by atoms with Crippen LogP contribution in [0.4, 0.5) is 11.6 Å². The summed E-state index contributed by atoms with van der Waals surface area (Å²) in [4.78, 5) is 21.8. The van der Waals surface area contributed by atoms with E-state index in [9.17, 15) is 14.9 Å². The standard InChI is InChI=1S/C13H15N7O5/c1-7-16-18-13(19(7)14)17-15-6-9-4-5-10(25-8(2)21)12(24-3)11(9)20(22)23/h4-6H,14H2,1-3H3,(H,17,18)/b15-6-. The van der Waals surface area contributed by atoms with Gasteiger partial charge in [0.1, 0.15) is 0 Å². The number of ether oxygens (including phenoxy) is 2. The number of nitrogens with one attached hydrogen (secondary N) is 1. The molecule has 0 bridgehead atoms. The van der Waals surface area contributed by atoms with E-state index in [-0.39, 0.29) is 23.0 Å². The molecule has 12 heteroatoms. The number of carbonyl (C=O) groups excluding carboxylic acids is 1. The number of nitro groups is 1. The van der Waals surface area contributed by atoms with Crippen LogP contribution in [0.5, 0.6) is 11.5 Å². The molecule has 1 aromatic heterocycles. The predicted octanol–water partition coefficient (Wildman–Crippen LogP) is 0.588. The van der Waals surface area contributed by atoms with E-state index in [1.165, 1.54) is 32.4 Å². The lowest BCUT2D eigenvalue weighted by Gasteiger charge is -2.09. The smallest absolute Gasteiger partial charge is 0.323 e. The van der Waals surface area contributed by atoms with Crippen molar-refractivity contribution in [3.63, 3.8) is 0 Å². The fourth-order valence-corrected chi connectivity index (χ4v) is 1.90. The van der Waals surface area contributed by atoms with E-state index in [4.69, 9.17) is 15.3 Å². The highest BCUT2D eigenvalue weighted by Gasteiger charge is 2.25. The number of rotatable bonds is 6. The SMILES string of the molecule is COc1c(OC(C)=O)ccc(/C=N\Nc2nnc(C)n2N)c1[N+](=O)[O-]. The van der Waals surface area contributed by atoms with Crippen LogP contribution in [0.25, 0.3) is 0 Å². The number of hydrazone groups is 1. The molecule has 0 aliphatic carbocycles. The molecule has 1 aromatic carbocycles. The average molecular weight is 349 g/mol. The molecule has 2 aromatic rings. The first-order valence-electron chi connectivity index (χ1n) is 6.85. The van der Waals surface area contributed by atoms with Gasteiger partial charge in [-0.1, -0.05) is 0 Å². The number of aryl methyl sites for hydroxylation is 1. The second kappa shape index (κ2) is 7.25. The van der Waals surface area contributed by atoms with E-state index in [1.54, 1.807) is 6.92 Å². The Balaban J connectivity index is 2.36. The van der Waals surface area contributed by atoms with Gasteiger partial charge in [-0.3, -0.25) is 14.9 Å². The summed E-state index contributed by atoms with van der Waals surface area (Å²) in [7, 11) is 1.23. The Morgan fingerprint density at radius 2 is 2.20 bits per heavy atom. The van der Waals surface area contributed by atoms with Gasteiger partial charge in [0.15, 0.2) is 11.6 Å². The molecule has 0 atom stereocenters. The van der Waals surface area contributed by atoms with Gasteiger partial charge < -0.3 is 15.3 Å². The molecule has 0 saturated carbocycles. The molecule has 0 spiro atoms. The van der Waals surface area contributed by atoms with Crippen LogP contribution in [0.15, 0.2) is 17.2 Å². The number of nitrogen functional groups attached to an aromatic ring is 1. The summed E-state index contributed by atoms with van der Waals surface area (Å²) < 4.78 is 11.1. The van der Waals surface area contributed by atoms with Gasteiger partial charge in [0.25, 0.3) is 5.95 Å². The Morgan fingerprint density at radius 1 is 1.48 bits per heavy atom. The minimum atomic E-state index is -0.664. The number of carbonyl (C=O) groups is 1. The van der Waals surface area contributed by atoms with Crippen LogP contribution in [-0.4, -0.2) is 39.1 Å². The molecule has 2 rings (SSSR count). The zero-order chi connectivity index (χ0) is 18.6. The minimum Gasteiger partial charge on any atom is -0.488 e. The number of anilines is 1. The van der Waals surface area contributed by atoms with Gasteiger partial charge in [-0.05, 0) is 19.1 Å². The Bertz CT molecular complexity index is 846. The van der Waals surface area contributed by atoms with Crippen molar-refractivity contribution in [2.45, 2.75) is 13.8 Å². The number of aromatic nitrogens is 3. The maximum absolute atomic E-state index is 11.4. The van der Waals surface area contributed by atoms with Gasteiger partial charge in [-0.25, -0.2) is 10.1 Å². The molecule has 0 fully saturated rings. The van der Waals surface area contributed by atoms with Gasteiger partial charge in [0.05, 0.1) is 23.8 Å². The lowest BCUT2D eigenvalue weighted by atomic mass is 10.1. The number of methoxy groups -OCH3 is 1. The molecule has 0 radical (unpaired) electrons. The first-order chi connectivity index (χ1) is 11.8. The number of esters is 1. The van der Waals surface area contributed by atoms with Gasteiger partial charge in [0.2, 0.25) is 5.75 Å². The Morgan fingerprint density at radius 3 is 2.72 bits per heavy atom. The number of benzene rings is 1. The Kier molecular flexibility index (Phi) is 5.12. The number of hydrogen-bond donors (Lipinski definition) is 2. The van der Waals surface area contributed by atoms with Crippen molar-refractivity contribution in [2.24, 2.45) is 5.10 Å². The van der Waals surface area contributed by atoms with Crippen LogP contribution in [-0.2, 0) is 4.79 Å². The molecule has 0 aliphatic heterocycles. The average Bonchev–Trinajstić information content (AvgIpc) is 2.86. The predicted molar refractivity (Wildman–Crippen MR) is 87.1 cm³/mol. The summed E-state index contributed by atoms with van der Waals surface area (Å²) >= 11 is 0. The largest absolute Gasteiger partial charge is 0.488 e. The van der Waals surface area contributed by atoms with Gasteiger partial charge in [-0.15, -0.1) is 10.2 Å². The van der Waals surface area contributed by atoms with E-state index in [0.29, 0.717) is 5.82 Å². The molecule has 12 nitrogen and oxygen atoms in total. The fourth-order valence-electron chi connectivity index (χ4n) is 1.90. The molecule has 0 unspecified atom stereocenters. The van der Waals surface area contributed by atoms with Gasteiger partial charge in [-0.2, -0.15) is 5.10 Å². The van der Waals surface area contributed by atoms with Crippen LogP contribution in [0.2, 0.25) is 0 Å². The molecule has 0 saturated heterocycles. The van der Waals surface area contributed by atoms with Crippen molar-refractivity contribution in [3.05, 3.63) is 33.6 Å². The molecule has 0 aliphatic rings. The topological polar surface area (TPSA) is 160 Å². The molecule has 3 N–H and O–H groups in total. The molecule has 0 amide bonds. The van der Waals surface area contributed by atoms with Crippen molar-refractivity contribution >= 4 is 23.8 Å². The van der Waals surface area contributed by atoms with E-state index < -0.39 is 16.6 Å². The van der Waals surface area contributed by atoms with Crippen LogP contribution >= 0.6 is 0 Å². The molecule has 1 heterocycles. The number of nitrogens with zero attached hydrogens (tertiary/aromatic N) is 5. The maximum Gasteiger partial charge on any atom is 0.323 e. The monoisotopic (exact) mass is 349 g/mol. The summed E-state index contributed by atoms with van der Waals surface area (Å²) in [6.07, 6.45) is 1.18. The van der Waals surface area contributed by atoms with Crippen LogP contribution < -0.4 is 20.7 Å². The third-order valence-electron chi connectivity index (χ3n) is 3.00. The molecule has 25 heavy (non-hydrogen) atoms.